The highest BCUT2D eigenvalue weighted by molar-refractivity contribution is 6.00. The van der Waals surface area contributed by atoms with E-state index < -0.39 is 40.0 Å². The zero-order chi connectivity index (χ0) is 16.1. The summed E-state index contributed by atoms with van der Waals surface area (Å²) in [7, 11) is 0. The van der Waals surface area contributed by atoms with E-state index in [1.807, 2.05) is 41.5 Å². The second kappa shape index (κ2) is 4.72. The fourth-order valence-electron chi connectivity index (χ4n) is 4.43. The lowest BCUT2D eigenvalue weighted by Crippen LogP contribution is -2.72. The van der Waals surface area contributed by atoms with Crippen LogP contribution in [0, 0.1) is 34.0 Å². The zero-order valence-corrected chi connectivity index (χ0v) is 13.1. The fraction of sp³-hybridized carbons (Fsp3) is 0.867. The van der Waals surface area contributed by atoms with Crippen molar-refractivity contribution < 1.29 is 24.9 Å². The number of aliphatic hydroxyl groups is 1. The molecule has 0 aliphatic heterocycles. The molecule has 1 aliphatic rings. The number of carboxylic acid groups (broad SMARTS) is 2. The Morgan fingerprint density at radius 2 is 1.20 bits per heavy atom. The third-order valence-electron chi connectivity index (χ3n) is 4.62. The molecule has 0 aromatic heterocycles. The SMILES string of the molecule is CC(C)(C)C1C(CO)C(C(C)(C)C)C1(C(=O)O)C(=O)O. The summed E-state index contributed by atoms with van der Waals surface area (Å²) in [5.74, 6) is -4.11. The molecule has 2 atom stereocenters. The van der Waals surface area contributed by atoms with Crippen LogP contribution < -0.4 is 0 Å². The van der Waals surface area contributed by atoms with E-state index in [1.54, 1.807) is 0 Å². The van der Waals surface area contributed by atoms with Gasteiger partial charge in [-0.05, 0) is 28.6 Å². The van der Waals surface area contributed by atoms with Crippen LogP contribution in [-0.4, -0.2) is 33.9 Å². The van der Waals surface area contributed by atoms with Crippen LogP contribution in [0.5, 0.6) is 0 Å². The molecule has 3 N–H and O–H groups in total. The van der Waals surface area contributed by atoms with Crippen LogP contribution in [0.1, 0.15) is 41.5 Å². The predicted octanol–water partition coefficient (Wildman–Crippen LogP) is 2.09. The summed E-state index contributed by atoms with van der Waals surface area (Å²) >= 11 is 0. The van der Waals surface area contributed by atoms with Crippen molar-refractivity contribution in [3.8, 4) is 0 Å². The monoisotopic (exact) mass is 286 g/mol. The van der Waals surface area contributed by atoms with Gasteiger partial charge in [0.2, 0.25) is 0 Å². The van der Waals surface area contributed by atoms with Crippen molar-refractivity contribution in [2.45, 2.75) is 41.5 Å². The van der Waals surface area contributed by atoms with Crippen molar-refractivity contribution in [2.75, 3.05) is 6.61 Å². The molecule has 0 radical (unpaired) electrons. The molecule has 0 saturated heterocycles. The highest BCUT2D eigenvalue weighted by Crippen LogP contribution is 2.67. The number of carboxylic acids is 2. The third-order valence-corrected chi connectivity index (χ3v) is 4.62. The van der Waals surface area contributed by atoms with Gasteiger partial charge in [0, 0.05) is 6.61 Å². The lowest BCUT2D eigenvalue weighted by molar-refractivity contribution is -0.239. The number of rotatable bonds is 3. The number of aliphatic hydroxyl groups excluding tert-OH is 1. The molecule has 1 fully saturated rings. The molecule has 5 nitrogen and oxygen atoms in total. The summed E-state index contributed by atoms with van der Waals surface area (Å²) in [5.41, 5.74) is -2.85. The molecule has 1 rings (SSSR count). The number of hydrogen-bond donors (Lipinski definition) is 3. The highest BCUT2D eigenvalue weighted by Gasteiger charge is 2.75. The van der Waals surface area contributed by atoms with E-state index in [4.69, 9.17) is 0 Å². The van der Waals surface area contributed by atoms with Gasteiger partial charge >= 0.3 is 11.9 Å². The Morgan fingerprint density at radius 1 is 0.900 bits per heavy atom. The Balaban J connectivity index is 3.53. The van der Waals surface area contributed by atoms with Crippen molar-refractivity contribution in [2.24, 2.45) is 34.0 Å². The van der Waals surface area contributed by atoms with Crippen LogP contribution in [0.3, 0.4) is 0 Å². The molecule has 5 heteroatoms. The lowest BCUT2D eigenvalue weighted by Gasteiger charge is -2.64. The minimum atomic E-state index is -1.83. The van der Waals surface area contributed by atoms with E-state index in [1.165, 1.54) is 0 Å². The normalized spacial score (nSPS) is 29.6. The van der Waals surface area contributed by atoms with E-state index >= 15 is 0 Å². The first kappa shape index (κ1) is 17.0. The Hall–Kier alpha value is -1.10. The lowest BCUT2D eigenvalue weighted by atomic mass is 9.37. The van der Waals surface area contributed by atoms with Crippen LogP contribution in [0.4, 0.5) is 0 Å². The molecule has 0 aromatic carbocycles. The van der Waals surface area contributed by atoms with E-state index in [0.29, 0.717) is 0 Å². The van der Waals surface area contributed by atoms with Crippen molar-refractivity contribution in [3.05, 3.63) is 0 Å². The smallest absolute Gasteiger partial charge is 0.321 e. The van der Waals surface area contributed by atoms with E-state index in [2.05, 4.69) is 0 Å². The minimum Gasteiger partial charge on any atom is -0.480 e. The summed E-state index contributed by atoms with van der Waals surface area (Å²) in [6, 6.07) is 0. The number of aliphatic carboxylic acids is 2. The van der Waals surface area contributed by atoms with Crippen LogP contribution >= 0.6 is 0 Å². The quantitative estimate of drug-likeness (QED) is 0.690. The van der Waals surface area contributed by atoms with Gasteiger partial charge in [0.15, 0.2) is 5.41 Å². The van der Waals surface area contributed by atoms with Gasteiger partial charge in [0.05, 0.1) is 0 Å². The highest BCUT2D eigenvalue weighted by atomic mass is 16.4. The molecule has 0 spiro atoms. The molecule has 116 valence electrons. The first-order chi connectivity index (χ1) is 8.82. The van der Waals surface area contributed by atoms with Gasteiger partial charge < -0.3 is 15.3 Å². The first-order valence-corrected chi connectivity index (χ1v) is 6.90. The maximum absolute atomic E-state index is 11.9. The van der Waals surface area contributed by atoms with Crippen LogP contribution in [-0.2, 0) is 9.59 Å². The molecule has 0 bridgehead atoms. The maximum atomic E-state index is 11.9. The fourth-order valence-corrected chi connectivity index (χ4v) is 4.43. The minimum absolute atomic E-state index is 0.188. The Morgan fingerprint density at radius 3 is 1.35 bits per heavy atom. The van der Waals surface area contributed by atoms with E-state index in [0.717, 1.165) is 0 Å². The summed E-state index contributed by atoms with van der Waals surface area (Å²) in [5, 5.41) is 29.0. The van der Waals surface area contributed by atoms with Crippen molar-refractivity contribution in [3.63, 3.8) is 0 Å². The van der Waals surface area contributed by atoms with Gasteiger partial charge in [-0.3, -0.25) is 9.59 Å². The van der Waals surface area contributed by atoms with Gasteiger partial charge in [-0.1, -0.05) is 41.5 Å². The number of hydrogen-bond acceptors (Lipinski definition) is 3. The summed E-state index contributed by atoms with van der Waals surface area (Å²) in [4.78, 5) is 23.7. The topological polar surface area (TPSA) is 94.8 Å². The van der Waals surface area contributed by atoms with E-state index in [9.17, 15) is 24.9 Å². The second-order valence-corrected chi connectivity index (χ2v) is 8.01. The summed E-state index contributed by atoms with van der Waals surface area (Å²) in [6.07, 6.45) is 0. The molecule has 0 aromatic rings. The first-order valence-electron chi connectivity index (χ1n) is 6.90. The largest absolute Gasteiger partial charge is 0.480 e. The zero-order valence-electron chi connectivity index (χ0n) is 13.1. The van der Waals surface area contributed by atoms with Crippen LogP contribution in [0.2, 0.25) is 0 Å². The van der Waals surface area contributed by atoms with Crippen molar-refractivity contribution in [1.29, 1.82) is 0 Å². The Bertz CT molecular complexity index is 375. The molecule has 0 amide bonds. The van der Waals surface area contributed by atoms with Crippen molar-refractivity contribution >= 4 is 11.9 Å². The van der Waals surface area contributed by atoms with Gasteiger partial charge in [0.25, 0.3) is 0 Å². The standard InChI is InChI=1S/C15H26O5/c1-13(2,3)9-8(7-16)10(14(4,5)6)15(9,11(17)18)12(19)20/h8-10,16H,7H2,1-6H3,(H,17,18)(H,19,20). The van der Waals surface area contributed by atoms with Crippen LogP contribution in [0.15, 0.2) is 0 Å². The second-order valence-electron chi connectivity index (χ2n) is 8.01. The Labute approximate surface area is 120 Å². The average Bonchev–Trinajstić information content (AvgIpc) is 2.10. The predicted molar refractivity (Wildman–Crippen MR) is 74.2 cm³/mol. The Kier molecular flexibility index (Phi) is 4.00. The summed E-state index contributed by atoms with van der Waals surface area (Å²) in [6.45, 7) is 10.8. The van der Waals surface area contributed by atoms with Crippen molar-refractivity contribution in [1.82, 2.24) is 0 Å². The van der Waals surface area contributed by atoms with Gasteiger partial charge in [-0.2, -0.15) is 0 Å². The van der Waals surface area contributed by atoms with Gasteiger partial charge in [0.1, 0.15) is 0 Å². The van der Waals surface area contributed by atoms with Gasteiger partial charge in [-0.25, -0.2) is 0 Å². The molecule has 2 unspecified atom stereocenters. The molecule has 1 saturated carbocycles. The summed E-state index contributed by atoms with van der Waals surface area (Å²) < 4.78 is 0. The third kappa shape index (κ3) is 2.12. The molecular formula is C15H26O5. The van der Waals surface area contributed by atoms with E-state index in [-0.39, 0.29) is 12.5 Å². The average molecular weight is 286 g/mol. The molecular weight excluding hydrogens is 260 g/mol. The molecule has 1 aliphatic carbocycles. The van der Waals surface area contributed by atoms with Gasteiger partial charge in [-0.15, -0.1) is 0 Å². The maximum Gasteiger partial charge on any atom is 0.321 e. The number of carbonyl (C=O) groups is 2. The van der Waals surface area contributed by atoms with Crippen LogP contribution in [0.25, 0.3) is 0 Å². The molecule has 0 heterocycles. The molecule has 20 heavy (non-hydrogen) atoms.